The average molecular weight is 229 g/mol. The van der Waals surface area contributed by atoms with Crippen molar-refractivity contribution >= 4 is 10.9 Å². The molecule has 88 valence electrons. The van der Waals surface area contributed by atoms with Crippen molar-refractivity contribution in [2.45, 2.75) is 18.9 Å². The van der Waals surface area contributed by atoms with Crippen molar-refractivity contribution in [2.24, 2.45) is 5.92 Å². The SMILES string of the molecule is OC(COc1cccc2ncccc12)C1CC1. The monoisotopic (exact) mass is 229 g/mol. The molecule has 0 saturated heterocycles. The number of aliphatic hydroxyl groups is 1. The molecule has 17 heavy (non-hydrogen) atoms. The Morgan fingerprint density at radius 2 is 2.18 bits per heavy atom. The first-order chi connectivity index (χ1) is 8.34. The quantitative estimate of drug-likeness (QED) is 0.875. The maximum Gasteiger partial charge on any atom is 0.128 e. The van der Waals surface area contributed by atoms with Gasteiger partial charge in [-0.2, -0.15) is 0 Å². The molecule has 3 rings (SSSR count). The number of benzene rings is 1. The lowest BCUT2D eigenvalue weighted by atomic mass is 10.2. The molecule has 1 fully saturated rings. The van der Waals surface area contributed by atoms with Gasteiger partial charge in [-0.05, 0) is 43.0 Å². The minimum atomic E-state index is -0.332. The van der Waals surface area contributed by atoms with E-state index in [0.717, 1.165) is 29.5 Å². The molecular weight excluding hydrogens is 214 g/mol. The number of rotatable bonds is 4. The predicted octanol–water partition coefficient (Wildman–Crippen LogP) is 2.38. The molecule has 1 unspecified atom stereocenters. The molecule has 1 heterocycles. The third-order valence-electron chi connectivity index (χ3n) is 3.18. The van der Waals surface area contributed by atoms with E-state index in [1.807, 2.05) is 30.3 Å². The number of aromatic nitrogens is 1. The Hall–Kier alpha value is -1.61. The van der Waals surface area contributed by atoms with Crippen LogP contribution in [0.3, 0.4) is 0 Å². The van der Waals surface area contributed by atoms with Gasteiger partial charge in [-0.3, -0.25) is 4.98 Å². The molecule has 0 radical (unpaired) electrons. The van der Waals surface area contributed by atoms with Crippen molar-refractivity contribution in [1.82, 2.24) is 4.98 Å². The zero-order valence-electron chi connectivity index (χ0n) is 9.54. The number of ether oxygens (including phenoxy) is 1. The summed E-state index contributed by atoms with van der Waals surface area (Å²) in [6.45, 7) is 0.374. The van der Waals surface area contributed by atoms with Gasteiger partial charge in [0.2, 0.25) is 0 Å². The molecule has 1 aliphatic rings. The minimum Gasteiger partial charge on any atom is -0.490 e. The van der Waals surface area contributed by atoms with Crippen molar-refractivity contribution in [1.29, 1.82) is 0 Å². The summed E-state index contributed by atoms with van der Waals surface area (Å²) in [7, 11) is 0. The van der Waals surface area contributed by atoms with E-state index in [9.17, 15) is 5.11 Å². The third kappa shape index (κ3) is 2.24. The molecule has 2 aromatic rings. The van der Waals surface area contributed by atoms with Crippen LogP contribution in [0.15, 0.2) is 36.5 Å². The maximum absolute atomic E-state index is 9.78. The lowest BCUT2D eigenvalue weighted by molar-refractivity contribution is 0.0902. The average Bonchev–Trinajstić information content (AvgIpc) is 3.20. The molecule has 0 aliphatic heterocycles. The van der Waals surface area contributed by atoms with Crippen molar-refractivity contribution in [2.75, 3.05) is 6.61 Å². The van der Waals surface area contributed by atoms with Crippen LogP contribution in [0.2, 0.25) is 0 Å². The molecule has 0 bridgehead atoms. The molecule has 1 atom stereocenters. The minimum absolute atomic E-state index is 0.332. The largest absolute Gasteiger partial charge is 0.490 e. The summed E-state index contributed by atoms with van der Waals surface area (Å²) in [5, 5.41) is 10.8. The summed E-state index contributed by atoms with van der Waals surface area (Å²) in [5.41, 5.74) is 0.922. The first-order valence-corrected chi connectivity index (χ1v) is 5.99. The van der Waals surface area contributed by atoms with E-state index in [-0.39, 0.29) is 6.10 Å². The highest BCUT2D eigenvalue weighted by atomic mass is 16.5. The van der Waals surface area contributed by atoms with Crippen molar-refractivity contribution in [3.63, 3.8) is 0 Å². The van der Waals surface area contributed by atoms with Crippen LogP contribution in [0, 0.1) is 5.92 Å². The van der Waals surface area contributed by atoms with Crippen LogP contribution in [0.5, 0.6) is 5.75 Å². The van der Waals surface area contributed by atoms with Gasteiger partial charge < -0.3 is 9.84 Å². The van der Waals surface area contributed by atoms with Crippen molar-refractivity contribution < 1.29 is 9.84 Å². The molecule has 0 amide bonds. The molecule has 3 nitrogen and oxygen atoms in total. The van der Waals surface area contributed by atoms with E-state index < -0.39 is 0 Å². The lowest BCUT2D eigenvalue weighted by Crippen LogP contribution is -2.19. The summed E-state index contributed by atoms with van der Waals surface area (Å²) in [5.74, 6) is 1.25. The van der Waals surface area contributed by atoms with Crippen molar-refractivity contribution in [3.8, 4) is 5.75 Å². The number of fused-ring (bicyclic) bond motifs is 1. The molecule has 1 aromatic heterocycles. The van der Waals surface area contributed by atoms with Gasteiger partial charge in [-0.1, -0.05) is 6.07 Å². The molecule has 3 heteroatoms. The van der Waals surface area contributed by atoms with Crippen LogP contribution in [0.1, 0.15) is 12.8 Å². The summed E-state index contributed by atoms with van der Waals surface area (Å²) >= 11 is 0. The van der Waals surface area contributed by atoms with Crippen molar-refractivity contribution in [3.05, 3.63) is 36.5 Å². The van der Waals surface area contributed by atoms with Crippen LogP contribution in [-0.4, -0.2) is 22.8 Å². The normalized spacial score (nSPS) is 17.0. The highest BCUT2D eigenvalue weighted by molar-refractivity contribution is 5.84. The zero-order valence-corrected chi connectivity index (χ0v) is 9.54. The standard InChI is InChI=1S/C14H15NO2/c16-13(10-6-7-10)9-17-14-5-1-4-12-11(14)3-2-8-15-12/h1-5,8,10,13,16H,6-7,9H2. The molecule has 1 N–H and O–H groups in total. The van der Waals surface area contributed by atoms with E-state index >= 15 is 0 Å². The van der Waals surface area contributed by atoms with Crippen LogP contribution in [0.25, 0.3) is 10.9 Å². The Labute approximate surface area is 100 Å². The summed E-state index contributed by atoms with van der Waals surface area (Å²) in [6, 6.07) is 9.69. The van der Waals surface area contributed by atoms with E-state index in [1.165, 1.54) is 0 Å². The van der Waals surface area contributed by atoms with E-state index in [0.29, 0.717) is 12.5 Å². The number of aliphatic hydroxyl groups excluding tert-OH is 1. The van der Waals surface area contributed by atoms with E-state index in [4.69, 9.17) is 4.74 Å². The van der Waals surface area contributed by atoms with Gasteiger partial charge in [0, 0.05) is 11.6 Å². The van der Waals surface area contributed by atoms with Gasteiger partial charge >= 0.3 is 0 Å². The third-order valence-corrected chi connectivity index (χ3v) is 3.18. The summed E-state index contributed by atoms with van der Waals surface area (Å²) in [6.07, 6.45) is 3.69. The second-order valence-electron chi connectivity index (χ2n) is 4.54. The number of hydrogen-bond donors (Lipinski definition) is 1. The Morgan fingerprint density at radius 1 is 1.29 bits per heavy atom. The highest BCUT2D eigenvalue weighted by Gasteiger charge is 2.30. The smallest absolute Gasteiger partial charge is 0.128 e. The number of pyridine rings is 1. The fourth-order valence-corrected chi connectivity index (χ4v) is 1.99. The maximum atomic E-state index is 9.78. The van der Waals surface area contributed by atoms with E-state index in [1.54, 1.807) is 6.20 Å². The number of hydrogen-bond acceptors (Lipinski definition) is 3. The van der Waals surface area contributed by atoms with Gasteiger partial charge in [0.1, 0.15) is 12.4 Å². The van der Waals surface area contributed by atoms with Gasteiger partial charge in [0.05, 0.1) is 11.6 Å². The Balaban J connectivity index is 1.79. The second-order valence-corrected chi connectivity index (χ2v) is 4.54. The van der Waals surface area contributed by atoms with Crippen LogP contribution in [0.4, 0.5) is 0 Å². The molecule has 0 spiro atoms. The van der Waals surface area contributed by atoms with Crippen LogP contribution in [-0.2, 0) is 0 Å². The van der Waals surface area contributed by atoms with Gasteiger partial charge in [0.15, 0.2) is 0 Å². The van der Waals surface area contributed by atoms with E-state index in [2.05, 4.69) is 4.98 Å². The number of nitrogens with zero attached hydrogens (tertiary/aromatic N) is 1. The second kappa shape index (κ2) is 4.34. The first kappa shape index (κ1) is 10.5. The Bertz CT molecular complexity index is 517. The summed E-state index contributed by atoms with van der Waals surface area (Å²) < 4.78 is 5.69. The van der Waals surface area contributed by atoms with Crippen LogP contribution < -0.4 is 4.74 Å². The predicted molar refractivity (Wildman–Crippen MR) is 66.0 cm³/mol. The topological polar surface area (TPSA) is 42.4 Å². The fourth-order valence-electron chi connectivity index (χ4n) is 1.99. The molecule has 1 aromatic carbocycles. The molecule has 1 aliphatic carbocycles. The summed E-state index contributed by atoms with van der Waals surface area (Å²) in [4.78, 5) is 4.27. The van der Waals surface area contributed by atoms with Gasteiger partial charge in [-0.25, -0.2) is 0 Å². The van der Waals surface area contributed by atoms with Gasteiger partial charge in [-0.15, -0.1) is 0 Å². The first-order valence-electron chi connectivity index (χ1n) is 5.99. The zero-order chi connectivity index (χ0) is 11.7. The fraction of sp³-hybridized carbons (Fsp3) is 0.357. The Kier molecular flexibility index (Phi) is 2.69. The Morgan fingerprint density at radius 3 is 3.00 bits per heavy atom. The lowest BCUT2D eigenvalue weighted by Gasteiger charge is -2.12. The molecule has 1 saturated carbocycles. The molecular formula is C14H15NO2. The van der Waals surface area contributed by atoms with Crippen LogP contribution >= 0.6 is 0 Å². The van der Waals surface area contributed by atoms with Gasteiger partial charge in [0.25, 0.3) is 0 Å². The highest BCUT2D eigenvalue weighted by Crippen LogP contribution is 2.33.